The molecule has 9 nitrogen and oxygen atoms in total. The van der Waals surface area contributed by atoms with E-state index in [0.29, 0.717) is 46.0 Å². The van der Waals surface area contributed by atoms with Gasteiger partial charge in [0.15, 0.2) is 11.5 Å². The highest BCUT2D eigenvalue weighted by atomic mass is 35.5. The molecule has 0 bridgehead atoms. The highest BCUT2D eigenvalue weighted by Crippen LogP contribution is 2.36. The van der Waals surface area contributed by atoms with Gasteiger partial charge in [-0.05, 0) is 44.0 Å². The first-order chi connectivity index (χ1) is 16.6. The van der Waals surface area contributed by atoms with Crippen molar-refractivity contribution in [1.29, 1.82) is 0 Å². The SMILES string of the molecule is C/C(=C(/OCCCCOc1c(Cl)cc(Cl)cc1Cl)c1ccc(F)cc1F)n1cncn1.O=[N+]([O-])O. The maximum absolute atomic E-state index is 14.4. The molecule has 1 aromatic heterocycles. The lowest BCUT2D eigenvalue weighted by atomic mass is 10.1. The van der Waals surface area contributed by atoms with Gasteiger partial charge in [0.25, 0.3) is 5.09 Å². The fourth-order valence-corrected chi connectivity index (χ4v) is 3.68. The number of allylic oxidation sites excluding steroid dienone is 1. The number of benzene rings is 2. The van der Waals surface area contributed by atoms with E-state index in [9.17, 15) is 8.78 Å². The van der Waals surface area contributed by atoms with E-state index < -0.39 is 16.7 Å². The maximum atomic E-state index is 14.4. The minimum Gasteiger partial charge on any atom is -0.491 e. The van der Waals surface area contributed by atoms with Crippen LogP contribution in [0, 0.1) is 21.7 Å². The van der Waals surface area contributed by atoms with Crippen molar-refractivity contribution in [3.63, 3.8) is 0 Å². The Morgan fingerprint density at radius 2 is 1.77 bits per heavy atom. The van der Waals surface area contributed by atoms with Crippen LogP contribution in [0.1, 0.15) is 25.3 Å². The minimum atomic E-state index is -1.50. The number of halogens is 5. The fourth-order valence-electron chi connectivity index (χ4n) is 2.76. The van der Waals surface area contributed by atoms with E-state index in [4.69, 9.17) is 59.6 Å². The maximum Gasteiger partial charge on any atom is 0.291 e. The fraction of sp³-hybridized carbons (Fsp3) is 0.238. The van der Waals surface area contributed by atoms with E-state index in [0.717, 1.165) is 6.07 Å². The van der Waals surface area contributed by atoms with Gasteiger partial charge in [-0.15, -0.1) is 10.1 Å². The van der Waals surface area contributed by atoms with Crippen LogP contribution in [-0.2, 0) is 4.74 Å². The van der Waals surface area contributed by atoms with Gasteiger partial charge in [-0.2, -0.15) is 5.10 Å². The van der Waals surface area contributed by atoms with Crippen molar-refractivity contribution >= 4 is 46.3 Å². The van der Waals surface area contributed by atoms with E-state index in [-0.39, 0.29) is 17.9 Å². The Balaban J connectivity index is 0.00000100. The third-order valence-electron chi connectivity index (χ3n) is 4.26. The molecule has 188 valence electrons. The quantitative estimate of drug-likeness (QED) is 0.142. The summed E-state index contributed by atoms with van der Waals surface area (Å²) in [7, 11) is 0. The highest BCUT2D eigenvalue weighted by Gasteiger charge is 2.16. The molecule has 0 unspecified atom stereocenters. The summed E-state index contributed by atoms with van der Waals surface area (Å²) in [5.41, 5.74) is 0.643. The van der Waals surface area contributed by atoms with Gasteiger partial charge in [0.1, 0.15) is 24.3 Å². The number of ether oxygens (including phenoxy) is 2. The molecule has 0 amide bonds. The van der Waals surface area contributed by atoms with Gasteiger partial charge >= 0.3 is 0 Å². The molecule has 0 saturated heterocycles. The standard InChI is InChI=1S/C21H18Cl3F2N3O2.HNO3/c1-13(29-12-27-11-28-29)20(16-5-4-15(25)10-19(16)26)30-6-2-3-7-31-21-17(23)8-14(22)9-18(21)24;2-1(3)4/h4-5,8-12H,2-3,6-7H2,1H3;(H,2,3,4)/b20-13-;. The van der Waals surface area contributed by atoms with Gasteiger partial charge in [0.05, 0.1) is 34.5 Å². The van der Waals surface area contributed by atoms with Gasteiger partial charge in [-0.25, -0.2) is 18.4 Å². The van der Waals surface area contributed by atoms with Crippen molar-refractivity contribution in [1.82, 2.24) is 14.8 Å². The van der Waals surface area contributed by atoms with E-state index in [1.54, 1.807) is 19.1 Å². The predicted octanol–water partition coefficient (Wildman–Crippen LogP) is 6.39. The lowest BCUT2D eigenvalue weighted by Crippen LogP contribution is -2.06. The zero-order valence-electron chi connectivity index (χ0n) is 18.1. The second-order valence-electron chi connectivity index (χ2n) is 6.72. The normalized spacial score (nSPS) is 11.3. The number of nitrogens with zero attached hydrogens (tertiary/aromatic N) is 4. The molecule has 1 N–H and O–H groups in total. The van der Waals surface area contributed by atoms with Crippen molar-refractivity contribution in [2.24, 2.45) is 0 Å². The lowest BCUT2D eigenvalue weighted by Gasteiger charge is -2.15. The highest BCUT2D eigenvalue weighted by molar-refractivity contribution is 6.40. The van der Waals surface area contributed by atoms with Gasteiger partial charge < -0.3 is 14.7 Å². The molecule has 0 radical (unpaired) electrons. The Kier molecular flexibility index (Phi) is 11.0. The summed E-state index contributed by atoms with van der Waals surface area (Å²) in [6, 6.07) is 6.40. The van der Waals surface area contributed by atoms with E-state index in [1.807, 2.05) is 0 Å². The smallest absolute Gasteiger partial charge is 0.291 e. The minimum absolute atomic E-state index is 0.130. The monoisotopic (exact) mass is 550 g/mol. The van der Waals surface area contributed by atoms with E-state index in [1.165, 1.54) is 29.5 Å². The number of hydrogen-bond acceptors (Lipinski definition) is 6. The van der Waals surface area contributed by atoms with Gasteiger partial charge in [-0.1, -0.05) is 34.8 Å². The number of aromatic nitrogens is 3. The van der Waals surface area contributed by atoms with Crippen molar-refractivity contribution in [3.8, 4) is 5.75 Å². The molecule has 1 heterocycles. The molecule has 0 fully saturated rings. The molecule has 0 saturated carbocycles. The number of hydrogen-bond donors (Lipinski definition) is 1. The van der Waals surface area contributed by atoms with Gasteiger partial charge in [0, 0.05) is 11.1 Å². The third kappa shape index (κ3) is 8.85. The molecule has 35 heavy (non-hydrogen) atoms. The van der Waals surface area contributed by atoms with Crippen molar-refractivity contribution in [2.75, 3.05) is 13.2 Å². The summed E-state index contributed by atoms with van der Waals surface area (Å²) >= 11 is 18.1. The molecule has 0 aliphatic heterocycles. The summed E-state index contributed by atoms with van der Waals surface area (Å²) in [6.07, 6.45) is 4.04. The molecule has 14 heteroatoms. The second kappa shape index (κ2) is 13.7. The molecule has 0 aliphatic carbocycles. The molecule has 2 aromatic carbocycles. The summed E-state index contributed by atoms with van der Waals surface area (Å²) in [5.74, 6) is -0.794. The Morgan fingerprint density at radius 1 is 1.14 bits per heavy atom. The van der Waals surface area contributed by atoms with Crippen LogP contribution >= 0.6 is 34.8 Å². The summed E-state index contributed by atoms with van der Waals surface area (Å²) in [6.45, 7) is 2.32. The van der Waals surface area contributed by atoms with Crippen molar-refractivity contribution < 1.29 is 28.5 Å². The molecule has 0 spiro atoms. The van der Waals surface area contributed by atoms with Crippen LogP contribution in [-0.4, -0.2) is 38.3 Å². The van der Waals surface area contributed by atoms with E-state index in [2.05, 4.69) is 10.1 Å². The average Bonchev–Trinajstić information content (AvgIpc) is 3.29. The summed E-state index contributed by atoms with van der Waals surface area (Å²) < 4.78 is 40.6. The van der Waals surface area contributed by atoms with Crippen LogP contribution in [0.25, 0.3) is 11.5 Å². The predicted molar refractivity (Wildman–Crippen MR) is 126 cm³/mol. The Hall–Kier alpha value is -3.15. The van der Waals surface area contributed by atoms with Gasteiger partial charge in [0.2, 0.25) is 0 Å². The van der Waals surface area contributed by atoms with Crippen LogP contribution in [0.3, 0.4) is 0 Å². The second-order valence-corrected chi connectivity index (χ2v) is 7.97. The number of rotatable bonds is 9. The van der Waals surface area contributed by atoms with Crippen molar-refractivity contribution in [2.45, 2.75) is 19.8 Å². The van der Waals surface area contributed by atoms with Gasteiger partial charge in [-0.3, -0.25) is 0 Å². The third-order valence-corrected chi connectivity index (χ3v) is 5.04. The van der Waals surface area contributed by atoms with Crippen LogP contribution in [0.4, 0.5) is 8.78 Å². The topological polar surface area (TPSA) is 113 Å². The zero-order chi connectivity index (χ0) is 26.0. The number of unbranched alkanes of at least 4 members (excludes halogenated alkanes) is 1. The van der Waals surface area contributed by atoms with Crippen LogP contribution in [0.2, 0.25) is 15.1 Å². The van der Waals surface area contributed by atoms with Crippen LogP contribution < -0.4 is 4.74 Å². The Bertz CT molecular complexity index is 1150. The van der Waals surface area contributed by atoms with E-state index >= 15 is 0 Å². The molecule has 3 aromatic rings. The molecule has 0 aliphatic rings. The largest absolute Gasteiger partial charge is 0.491 e. The zero-order valence-corrected chi connectivity index (χ0v) is 20.4. The van der Waals surface area contributed by atoms with Crippen LogP contribution in [0.5, 0.6) is 5.75 Å². The Labute approximate surface area is 213 Å². The lowest BCUT2D eigenvalue weighted by molar-refractivity contribution is -0.742. The van der Waals surface area contributed by atoms with Crippen molar-refractivity contribution in [3.05, 3.63) is 85.4 Å². The molecule has 3 rings (SSSR count). The molecular weight excluding hydrogens is 533 g/mol. The summed E-state index contributed by atoms with van der Waals surface area (Å²) in [5, 5.41) is 18.8. The van der Waals surface area contributed by atoms with Crippen LogP contribution in [0.15, 0.2) is 43.0 Å². The first-order valence-electron chi connectivity index (χ1n) is 9.84. The first-order valence-corrected chi connectivity index (χ1v) is 11.0. The average molecular weight is 552 g/mol. The first kappa shape index (κ1) is 28.1. The molecular formula is C21H19Cl3F2N4O5. The Morgan fingerprint density at radius 3 is 2.34 bits per heavy atom. The molecule has 0 atom stereocenters. The summed E-state index contributed by atoms with van der Waals surface area (Å²) in [4.78, 5) is 12.2.